The first-order chi connectivity index (χ1) is 16.9. The van der Waals surface area contributed by atoms with Gasteiger partial charge in [0, 0.05) is 37.7 Å². The SMILES string of the molecule is NC(=O)OCC1(Nc2nc(N3C[C@H]4CC(c5ncc(Cl)cn5)=C[C@H]4C3)nc3c2[S@@](=O)CC3)CCC1. The van der Waals surface area contributed by atoms with Gasteiger partial charge >= 0.3 is 6.09 Å². The standard InChI is InChI=1S/C23H26ClN7O3S/c24-16-8-26-19(27-9-16)13-6-14-10-31(11-15(14)7-13)22-28-17-2-5-35(33)18(17)20(29-22)30-23(3-1-4-23)12-34-21(25)32/h6,8-9,14-15H,1-5,7,10-12H2,(H2,25,32)(H,28,29,30)/t14-,15+,35-/m0/s1. The van der Waals surface area contributed by atoms with Gasteiger partial charge in [-0.3, -0.25) is 4.21 Å². The molecule has 184 valence electrons. The Labute approximate surface area is 210 Å². The molecule has 4 heterocycles. The molecule has 0 bridgehead atoms. The molecule has 2 fully saturated rings. The highest BCUT2D eigenvalue weighted by atomic mass is 35.5. The summed E-state index contributed by atoms with van der Waals surface area (Å²) in [6, 6.07) is 0. The molecule has 1 amide bonds. The molecule has 2 aliphatic heterocycles. The second-order valence-corrected chi connectivity index (χ2v) is 11.7. The highest BCUT2D eigenvalue weighted by Gasteiger charge is 2.42. The lowest BCUT2D eigenvalue weighted by atomic mass is 9.77. The number of primary amides is 1. The second kappa shape index (κ2) is 8.70. The molecular formula is C23H26ClN7O3S. The Kier molecular flexibility index (Phi) is 5.63. The number of allylic oxidation sites excluding steroid dienone is 1. The molecule has 0 unspecified atom stereocenters. The number of nitrogens with two attached hydrogens (primary N) is 1. The van der Waals surface area contributed by atoms with E-state index in [9.17, 15) is 9.00 Å². The van der Waals surface area contributed by atoms with Crippen LogP contribution in [0.25, 0.3) is 5.57 Å². The van der Waals surface area contributed by atoms with E-state index in [2.05, 4.69) is 26.3 Å². The van der Waals surface area contributed by atoms with Gasteiger partial charge in [-0.2, -0.15) is 4.98 Å². The van der Waals surface area contributed by atoms with E-state index >= 15 is 0 Å². The van der Waals surface area contributed by atoms with Crippen LogP contribution in [0.1, 0.15) is 37.2 Å². The molecule has 0 radical (unpaired) electrons. The molecule has 3 atom stereocenters. The zero-order valence-corrected chi connectivity index (χ0v) is 20.6. The smallest absolute Gasteiger partial charge is 0.404 e. The lowest BCUT2D eigenvalue weighted by Gasteiger charge is -2.42. The molecular weight excluding hydrogens is 490 g/mol. The van der Waals surface area contributed by atoms with Gasteiger partial charge in [-0.05, 0) is 43.1 Å². The topological polar surface area (TPSA) is 136 Å². The van der Waals surface area contributed by atoms with Gasteiger partial charge in [0.25, 0.3) is 0 Å². The van der Waals surface area contributed by atoms with Crippen LogP contribution in [0.3, 0.4) is 0 Å². The third-order valence-corrected chi connectivity index (χ3v) is 9.09. The van der Waals surface area contributed by atoms with Crippen LogP contribution in [-0.4, -0.2) is 61.2 Å². The van der Waals surface area contributed by atoms with Gasteiger partial charge < -0.3 is 20.7 Å². The summed E-state index contributed by atoms with van der Waals surface area (Å²) in [7, 11) is -1.15. The van der Waals surface area contributed by atoms with Crippen LogP contribution in [0.5, 0.6) is 0 Å². The number of amides is 1. The van der Waals surface area contributed by atoms with Gasteiger partial charge in [0.2, 0.25) is 5.95 Å². The number of hydrogen-bond acceptors (Lipinski definition) is 9. The Morgan fingerprint density at radius 1 is 1.29 bits per heavy atom. The Balaban J connectivity index is 1.24. The summed E-state index contributed by atoms with van der Waals surface area (Å²) < 4.78 is 17.9. The zero-order valence-electron chi connectivity index (χ0n) is 19.1. The molecule has 6 rings (SSSR count). The van der Waals surface area contributed by atoms with E-state index in [1.807, 2.05) is 0 Å². The van der Waals surface area contributed by atoms with Crippen molar-refractivity contribution in [1.82, 2.24) is 19.9 Å². The minimum atomic E-state index is -1.15. The Hall–Kier alpha value is -2.79. The normalized spacial score (nSPS) is 26.0. The number of nitrogens with one attached hydrogen (secondary N) is 1. The van der Waals surface area contributed by atoms with Gasteiger partial charge in [0.05, 0.1) is 27.1 Å². The van der Waals surface area contributed by atoms with Gasteiger partial charge in [-0.25, -0.2) is 19.7 Å². The Morgan fingerprint density at radius 2 is 2.09 bits per heavy atom. The predicted octanol–water partition coefficient (Wildman–Crippen LogP) is 2.55. The van der Waals surface area contributed by atoms with Crippen LogP contribution in [0.4, 0.5) is 16.6 Å². The maximum Gasteiger partial charge on any atom is 0.404 e. The molecule has 1 saturated heterocycles. The van der Waals surface area contributed by atoms with Crippen LogP contribution in [0.15, 0.2) is 23.4 Å². The number of halogens is 1. The van der Waals surface area contributed by atoms with Crippen molar-refractivity contribution in [2.24, 2.45) is 17.6 Å². The summed E-state index contributed by atoms with van der Waals surface area (Å²) in [5, 5.41) is 4.01. The molecule has 2 aliphatic carbocycles. The summed E-state index contributed by atoms with van der Waals surface area (Å²) in [4.78, 5) is 32.5. The number of aromatic nitrogens is 4. The van der Waals surface area contributed by atoms with Crippen molar-refractivity contribution < 1.29 is 13.7 Å². The van der Waals surface area contributed by atoms with E-state index in [0.717, 1.165) is 55.9 Å². The van der Waals surface area contributed by atoms with Gasteiger partial charge in [-0.15, -0.1) is 0 Å². The summed E-state index contributed by atoms with van der Waals surface area (Å²) in [6.45, 7) is 1.80. The summed E-state index contributed by atoms with van der Waals surface area (Å²) >= 11 is 5.93. The second-order valence-electron chi connectivity index (χ2n) is 9.76. The maximum absolute atomic E-state index is 12.8. The molecule has 10 nitrogen and oxygen atoms in total. The fourth-order valence-corrected chi connectivity index (χ4v) is 6.90. The first kappa shape index (κ1) is 22.7. The minimum absolute atomic E-state index is 0.164. The third kappa shape index (κ3) is 4.24. The van der Waals surface area contributed by atoms with Crippen LogP contribution in [0.2, 0.25) is 5.02 Å². The predicted molar refractivity (Wildman–Crippen MR) is 132 cm³/mol. The van der Waals surface area contributed by atoms with Crippen molar-refractivity contribution in [3.05, 3.63) is 35.0 Å². The molecule has 12 heteroatoms. The number of carbonyl (C=O) groups is 1. The maximum atomic E-state index is 12.8. The molecule has 1 saturated carbocycles. The first-order valence-electron chi connectivity index (χ1n) is 11.8. The number of ether oxygens (including phenoxy) is 1. The Morgan fingerprint density at radius 3 is 2.77 bits per heavy atom. The van der Waals surface area contributed by atoms with Gasteiger partial charge in [-0.1, -0.05) is 17.7 Å². The minimum Gasteiger partial charge on any atom is -0.447 e. The van der Waals surface area contributed by atoms with E-state index in [1.165, 1.54) is 0 Å². The molecule has 0 spiro atoms. The third-order valence-electron chi connectivity index (χ3n) is 7.44. The monoisotopic (exact) mass is 515 g/mol. The van der Waals surface area contributed by atoms with Crippen molar-refractivity contribution in [3.63, 3.8) is 0 Å². The average Bonchev–Trinajstić information content (AvgIpc) is 3.49. The average molecular weight is 516 g/mol. The van der Waals surface area contributed by atoms with Crippen LogP contribution in [0, 0.1) is 11.8 Å². The van der Waals surface area contributed by atoms with Crippen LogP contribution < -0.4 is 16.0 Å². The molecule has 35 heavy (non-hydrogen) atoms. The van der Waals surface area contributed by atoms with Crippen LogP contribution in [-0.2, 0) is 22.0 Å². The van der Waals surface area contributed by atoms with E-state index in [1.54, 1.807) is 12.4 Å². The summed E-state index contributed by atoms with van der Waals surface area (Å²) in [6.07, 6.45) is 8.96. The number of aryl methyl sites for hydroxylation is 1. The Bertz CT molecular complexity index is 1230. The van der Waals surface area contributed by atoms with Crippen molar-refractivity contribution in [2.75, 3.05) is 35.7 Å². The van der Waals surface area contributed by atoms with Crippen molar-refractivity contribution in [1.29, 1.82) is 0 Å². The quantitative estimate of drug-likeness (QED) is 0.594. The number of rotatable bonds is 6. The van der Waals surface area contributed by atoms with Gasteiger partial charge in [0.15, 0.2) is 5.82 Å². The van der Waals surface area contributed by atoms with Crippen LogP contribution >= 0.6 is 11.6 Å². The first-order valence-corrected chi connectivity index (χ1v) is 13.5. The van der Waals surface area contributed by atoms with Gasteiger partial charge in [0.1, 0.15) is 17.3 Å². The highest BCUT2D eigenvalue weighted by molar-refractivity contribution is 7.85. The molecule has 2 aromatic rings. The lowest BCUT2D eigenvalue weighted by molar-refractivity contribution is 0.101. The van der Waals surface area contributed by atoms with E-state index in [-0.39, 0.29) is 6.61 Å². The van der Waals surface area contributed by atoms with Crippen molar-refractivity contribution in [2.45, 2.75) is 42.5 Å². The number of anilines is 2. The molecule has 2 aromatic heterocycles. The van der Waals surface area contributed by atoms with E-state index in [4.69, 9.17) is 32.0 Å². The van der Waals surface area contributed by atoms with Crippen molar-refractivity contribution in [3.8, 4) is 0 Å². The molecule has 4 aliphatic rings. The fraction of sp³-hybridized carbons (Fsp3) is 0.522. The molecule has 0 aromatic carbocycles. The summed E-state index contributed by atoms with van der Waals surface area (Å²) in [5.41, 5.74) is 6.76. The lowest BCUT2D eigenvalue weighted by Crippen LogP contribution is -2.50. The number of hydrogen-bond donors (Lipinski definition) is 2. The van der Waals surface area contributed by atoms with E-state index < -0.39 is 22.4 Å². The molecule has 3 N–H and O–H groups in total. The number of fused-ring (bicyclic) bond motifs is 2. The fourth-order valence-electron chi connectivity index (χ4n) is 5.50. The van der Waals surface area contributed by atoms with E-state index in [0.29, 0.717) is 45.7 Å². The zero-order chi connectivity index (χ0) is 24.2. The largest absolute Gasteiger partial charge is 0.447 e. The van der Waals surface area contributed by atoms with Crippen molar-refractivity contribution >= 4 is 45.8 Å². The number of carbonyl (C=O) groups excluding carboxylic acids is 1. The summed E-state index contributed by atoms with van der Waals surface area (Å²) in [5.74, 6) is 3.34. The highest BCUT2D eigenvalue weighted by Crippen LogP contribution is 2.43. The number of nitrogens with zero attached hydrogens (tertiary/aromatic N) is 5.